The van der Waals surface area contributed by atoms with Crippen LogP contribution >= 0.6 is 0 Å². The fourth-order valence-electron chi connectivity index (χ4n) is 3.43. The molecular formula is C20H21N5O. The van der Waals surface area contributed by atoms with E-state index in [0.29, 0.717) is 11.7 Å². The van der Waals surface area contributed by atoms with Crippen LogP contribution in [0.4, 0.5) is 10.5 Å². The maximum absolute atomic E-state index is 12.7. The largest absolute Gasteiger partial charge is 0.322 e. The molecule has 2 heterocycles. The van der Waals surface area contributed by atoms with Crippen LogP contribution < -0.4 is 5.32 Å². The SMILES string of the molecule is C[C@H]1CN(C(=O)Nc2ccc(-c3ncn(C)n3)cc2)[C@H]1c1ccccc1. The minimum atomic E-state index is -0.0688. The molecule has 1 aliphatic heterocycles. The van der Waals surface area contributed by atoms with Gasteiger partial charge in [0.15, 0.2) is 5.82 Å². The first kappa shape index (κ1) is 16.3. The van der Waals surface area contributed by atoms with Crippen molar-refractivity contribution in [2.75, 3.05) is 11.9 Å². The average molecular weight is 347 g/mol. The zero-order chi connectivity index (χ0) is 18.1. The summed E-state index contributed by atoms with van der Waals surface area (Å²) in [5.41, 5.74) is 2.86. The van der Waals surface area contributed by atoms with E-state index in [-0.39, 0.29) is 12.1 Å². The molecule has 0 saturated carbocycles. The minimum absolute atomic E-state index is 0.0688. The minimum Gasteiger partial charge on any atom is -0.317 e. The summed E-state index contributed by atoms with van der Waals surface area (Å²) in [6.07, 6.45) is 1.67. The molecule has 2 atom stereocenters. The van der Waals surface area contributed by atoms with E-state index in [9.17, 15) is 4.79 Å². The Morgan fingerprint density at radius 1 is 1.12 bits per heavy atom. The van der Waals surface area contributed by atoms with Crippen molar-refractivity contribution >= 4 is 11.7 Å². The molecule has 26 heavy (non-hydrogen) atoms. The first-order chi connectivity index (χ1) is 12.6. The summed E-state index contributed by atoms with van der Waals surface area (Å²) in [5.74, 6) is 1.13. The molecule has 0 spiro atoms. The van der Waals surface area contributed by atoms with Gasteiger partial charge >= 0.3 is 6.03 Å². The third-order valence-electron chi connectivity index (χ3n) is 4.76. The molecule has 6 heteroatoms. The van der Waals surface area contributed by atoms with E-state index in [1.807, 2.05) is 54.4 Å². The third-order valence-corrected chi connectivity index (χ3v) is 4.76. The van der Waals surface area contributed by atoms with Gasteiger partial charge in [-0.15, -0.1) is 0 Å². The number of hydrogen-bond acceptors (Lipinski definition) is 3. The Morgan fingerprint density at radius 2 is 1.85 bits per heavy atom. The molecule has 1 aliphatic rings. The number of hydrogen-bond donors (Lipinski definition) is 1. The zero-order valence-corrected chi connectivity index (χ0v) is 14.8. The third kappa shape index (κ3) is 3.06. The number of anilines is 1. The number of nitrogens with zero attached hydrogens (tertiary/aromatic N) is 4. The van der Waals surface area contributed by atoms with E-state index in [2.05, 4.69) is 34.5 Å². The zero-order valence-electron chi connectivity index (χ0n) is 14.8. The molecule has 4 rings (SSSR count). The Morgan fingerprint density at radius 3 is 2.46 bits per heavy atom. The fourth-order valence-corrected chi connectivity index (χ4v) is 3.43. The summed E-state index contributed by atoms with van der Waals surface area (Å²) in [7, 11) is 1.84. The van der Waals surface area contributed by atoms with Crippen molar-refractivity contribution in [1.82, 2.24) is 19.7 Å². The number of likely N-dealkylation sites (tertiary alicyclic amines) is 1. The van der Waals surface area contributed by atoms with Gasteiger partial charge in [0.2, 0.25) is 0 Å². The van der Waals surface area contributed by atoms with E-state index in [1.165, 1.54) is 5.56 Å². The molecule has 2 amide bonds. The van der Waals surface area contributed by atoms with Crippen LogP contribution in [0.5, 0.6) is 0 Å². The fraction of sp³-hybridized carbons (Fsp3) is 0.250. The molecule has 0 aliphatic carbocycles. The Labute approximate surface area is 152 Å². The number of rotatable bonds is 3. The lowest BCUT2D eigenvalue weighted by Crippen LogP contribution is -2.53. The average Bonchev–Trinajstić information content (AvgIpc) is 3.07. The number of nitrogens with one attached hydrogen (secondary N) is 1. The molecule has 6 nitrogen and oxygen atoms in total. The first-order valence-corrected chi connectivity index (χ1v) is 8.70. The van der Waals surface area contributed by atoms with Crippen molar-refractivity contribution in [2.24, 2.45) is 13.0 Å². The number of benzene rings is 2. The number of carbonyl (C=O) groups excluding carboxylic acids is 1. The van der Waals surface area contributed by atoms with Crippen LogP contribution in [0.2, 0.25) is 0 Å². The number of urea groups is 1. The Kier molecular flexibility index (Phi) is 4.16. The lowest BCUT2D eigenvalue weighted by atomic mass is 9.85. The van der Waals surface area contributed by atoms with Crippen molar-refractivity contribution in [2.45, 2.75) is 13.0 Å². The van der Waals surface area contributed by atoms with Crippen molar-refractivity contribution < 1.29 is 4.79 Å². The highest BCUT2D eigenvalue weighted by Gasteiger charge is 2.39. The van der Waals surface area contributed by atoms with Gasteiger partial charge in [-0.25, -0.2) is 9.78 Å². The van der Waals surface area contributed by atoms with E-state index < -0.39 is 0 Å². The van der Waals surface area contributed by atoms with Gasteiger partial charge in [-0.05, 0) is 35.7 Å². The summed E-state index contributed by atoms with van der Waals surface area (Å²) in [5, 5.41) is 7.27. The molecule has 2 aromatic carbocycles. The molecule has 0 radical (unpaired) electrons. The smallest absolute Gasteiger partial charge is 0.317 e. The first-order valence-electron chi connectivity index (χ1n) is 8.70. The number of aryl methyl sites for hydroxylation is 1. The highest BCUT2D eigenvalue weighted by molar-refractivity contribution is 5.90. The maximum Gasteiger partial charge on any atom is 0.322 e. The van der Waals surface area contributed by atoms with Crippen LogP contribution in [-0.2, 0) is 7.05 Å². The molecular weight excluding hydrogens is 326 g/mol. The Bertz CT molecular complexity index is 903. The topological polar surface area (TPSA) is 63.1 Å². The second-order valence-electron chi connectivity index (χ2n) is 6.73. The van der Waals surface area contributed by atoms with E-state index in [0.717, 1.165) is 17.8 Å². The maximum atomic E-state index is 12.7. The van der Waals surface area contributed by atoms with E-state index in [1.54, 1.807) is 11.0 Å². The van der Waals surface area contributed by atoms with Crippen LogP contribution in [0, 0.1) is 5.92 Å². The monoisotopic (exact) mass is 347 g/mol. The lowest BCUT2D eigenvalue weighted by molar-refractivity contribution is 0.0671. The van der Waals surface area contributed by atoms with Gasteiger partial charge in [-0.3, -0.25) is 4.68 Å². The van der Waals surface area contributed by atoms with Gasteiger partial charge < -0.3 is 10.2 Å². The van der Waals surface area contributed by atoms with Gasteiger partial charge in [-0.2, -0.15) is 5.10 Å². The predicted octanol–water partition coefficient (Wildman–Crippen LogP) is 3.71. The van der Waals surface area contributed by atoms with Crippen LogP contribution in [0.3, 0.4) is 0 Å². The van der Waals surface area contributed by atoms with Crippen LogP contribution in [0.1, 0.15) is 18.5 Å². The predicted molar refractivity (Wildman–Crippen MR) is 101 cm³/mol. The summed E-state index contributed by atoms with van der Waals surface area (Å²) in [4.78, 5) is 18.8. The molecule has 132 valence electrons. The molecule has 0 bridgehead atoms. The number of carbonyl (C=O) groups is 1. The van der Waals surface area contributed by atoms with E-state index >= 15 is 0 Å². The van der Waals surface area contributed by atoms with Crippen LogP contribution in [0.15, 0.2) is 60.9 Å². The summed E-state index contributed by atoms with van der Waals surface area (Å²) in [6, 6.07) is 17.8. The van der Waals surface area contributed by atoms with Gasteiger partial charge in [-0.1, -0.05) is 37.3 Å². The number of aromatic nitrogens is 3. The van der Waals surface area contributed by atoms with Crippen molar-refractivity contribution in [3.8, 4) is 11.4 Å². The van der Waals surface area contributed by atoms with E-state index in [4.69, 9.17) is 0 Å². The van der Waals surface area contributed by atoms with Gasteiger partial charge in [0.25, 0.3) is 0 Å². The van der Waals surface area contributed by atoms with Crippen molar-refractivity contribution in [3.05, 3.63) is 66.5 Å². The molecule has 1 N–H and O–H groups in total. The summed E-state index contributed by atoms with van der Waals surface area (Å²) in [6.45, 7) is 2.94. The quantitative estimate of drug-likeness (QED) is 0.786. The normalized spacial score (nSPS) is 19.1. The molecule has 3 aromatic rings. The second kappa shape index (κ2) is 6.63. The number of amides is 2. The van der Waals surface area contributed by atoms with Crippen molar-refractivity contribution in [1.29, 1.82) is 0 Å². The highest BCUT2D eigenvalue weighted by Crippen LogP contribution is 2.38. The second-order valence-corrected chi connectivity index (χ2v) is 6.73. The van der Waals surface area contributed by atoms with Crippen molar-refractivity contribution in [3.63, 3.8) is 0 Å². The van der Waals surface area contributed by atoms with Gasteiger partial charge in [0.1, 0.15) is 6.33 Å². The lowest BCUT2D eigenvalue weighted by Gasteiger charge is -2.46. The van der Waals surface area contributed by atoms with Gasteiger partial charge in [0, 0.05) is 24.8 Å². The summed E-state index contributed by atoms with van der Waals surface area (Å²) >= 11 is 0. The standard InChI is InChI=1S/C20H21N5O/c1-14-12-25(18(14)15-6-4-3-5-7-15)20(26)22-17-10-8-16(9-11-17)19-21-13-24(2)23-19/h3-11,13-14,18H,12H2,1-2H3,(H,22,26)/t14-,18+/m0/s1. The van der Waals surface area contributed by atoms with Gasteiger partial charge in [0.05, 0.1) is 6.04 Å². The highest BCUT2D eigenvalue weighted by atomic mass is 16.2. The van der Waals surface area contributed by atoms with Crippen LogP contribution in [0.25, 0.3) is 11.4 Å². The molecule has 1 fully saturated rings. The molecule has 0 unspecified atom stereocenters. The molecule has 1 saturated heterocycles. The Balaban J connectivity index is 1.45. The van der Waals surface area contributed by atoms with Crippen LogP contribution in [-0.4, -0.2) is 32.2 Å². The molecule has 1 aromatic heterocycles. The Hall–Kier alpha value is -3.15. The summed E-state index contributed by atoms with van der Waals surface area (Å²) < 4.78 is 1.67.